The van der Waals surface area contributed by atoms with Crippen LogP contribution < -0.4 is 10.1 Å². The summed E-state index contributed by atoms with van der Waals surface area (Å²) in [6.45, 7) is 3.36. The van der Waals surface area contributed by atoms with Gasteiger partial charge in [0.2, 0.25) is 10.0 Å². The molecule has 0 spiro atoms. The van der Waals surface area contributed by atoms with E-state index in [9.17, 15) is 13.2 Å². The number of anilines is 1. The van der Waals surface area contributed by atoms with Gasteiger partial charge < -0.3 is 14.8 Å². The van der Waals surface area contributed by atoms with Gasteiger partial charge in [-0.25, -0.2) is 8.42 Å². The predicted octanol–water partition coefficient (Wildman–Crippen LogP) is 1.09. The number of carbonyl (C=O) groups is 1. The summed E-state index contributed by atoms with van der Waals surface area (Å²) in [6, 6.07) is 4.58. The van der Waals surface area contributed by atoms with Crippen LogP contribution in [-0.4, -0.2) is 61.3 Å². The van der Waals surface area contributed by atoms with E-state index in [-0.39, 0.29) is 29.6 Å². The van der Waals surface area contributed by atoms with Crippen molar-refractivity contribution in [3.63, 3.8) is 0 Å². The van der Waals surface area contributed by atoms with E-state index in [1.165, 1.54) is 21.3 Å². The topological polar surface area (TPSA) is 103 Å². The van der Waals surface area contributed by atoms with Crippen LogP contribution in [0, 0.1) is 0 Å². The van der Waals surface area contributed by atoms with E-state index in [1.807, 2.05) is 0 Å². The Labute approximate surface area is 157 Å². The van der Waals surface area contributed by atoms with Gasteiger partial charge in [-0.3, -0.25) is 9.48 Å². The van der Waals surface area contributed by atoms with E-state index >= 15 is 0 Å². The van der Waals surface area contributed by atoms with Crippen molar-refractivity contribution in [2.75, 3.05) is 38.2 Å². The molecular weight excluding hydrogens is 372 g/mol. The number of nitrogens with zero attached hydrogens (tertiary/aromatic N) is 3. The van der Waals surface area contributed by atoms with Gasteiger partial charge in [0.15, 0.2) is 0 Å². The Kier molecular flexibility index (Phi) is 5.78. The summed E-state index contributed by atoms with van der Waals surface area (Å²) in [5.74, 6) is -0.120. The first-order valence-corrected chi connectivity index (χ1v) is 10.0. The molecule has 1 aliphatic heterocycles. The van der Waals surface area contributed by atoms with Crippen LogP contribution in [0.2, 0.25) is 0 Å². The molecule has 0 aliphatic carbocycles. The summed E-state index contributed by atoms with van der Waals surface area (Å²) >= 11 is 0. The number of amides is 1. The lowest BCUT2D eigenvalue weighted by Crippen LogP contribution is -2.40. The number of carbonyl (C=O) groups excluding carboxylic acids is 1. The van der Waals surface area contributed by atoms with E-state index < -0.39 is 10.0 Å². The first-order valence-electron chi connectivity index (χ1n) is 8.56. The molecule has 0 bridgehead atoms. The lowest BCUT2D eigenvalue weighted by molar-refractivity contribution is 0.0729. The van der Waals surface area contributed by atoms with Crippen LogP contribution in [0.4, 0.5) is 5.69 Å². The fraction of sp³-hybridized carbons (Fsp3) is 0.412. The maximum absolute atomic E-state index is 13.1. The largest absolute Gasteiger partial charge is 0.492 e. The number of hydrogen-bond donors (Lipinski definition) is 1. The molecule has 1 fully saturated rings. The zero-order valence-electron chi connectivity index (χ0n) is 15.2. The molecule has 0 radical (unpaired) electrons. The van der Waals surface area contributed by atoms with Gasteiger partial charge in [0.25, 0.3) is 5.91 Å². The molecule has 146 valence electrons. The molecule has 1 saturated heterocycles. The van der Waals surface area contributed by atoms with E-state index in [1.54, 1.807) is 32.3 Å². The molecule has 1 amide bonds. The van der Waals surface area contributed by atoms with Crippen LogP contribution in [0.15, 0.2) is 35.5 Å². The van der Waals surface area contributed by atoms with E-state index in [0.29, 0.717) is 31.1 Å². The standard InChI is InChI=1S/C17H22N4O5S/c1-3-26-15-5-4-14(19-17(22)13-11-18-20(2)12-13)10-16(15)27(23,24)21-6-8-25-9-7-21/h4-5,10-12H,3,6-9H2,1-2H3,(H,19,22). The molecule has 9 nitrogen and oxygen atoms in total. The average molecular weight is 394 g/mol. The highest BCUT2D eigenvalue weighted by atomic mass is 32.2. The quantitative estimate of drug-likeness (QED) is 0.787. The molecule has 27 heavy (non-hydrogen) atoms. The molecule has 10 heteroatoms. The van der Waals surface area contributed by atoms with Gasteiger partial charge in [-0.2, -0.15) is 9.40 Å². The monoisotopic (exact) mass is 394 g/mol. The predicted molar refractivity (Wildman–Crippen MR) is 98.4 cm³/mol. The fourth-order valence-corrected chi connectivity index (χ4v) is 4.29. The third-order valence-corrected chi connectivity index (χ3v) is 5.98. The lowest BCUT2D eigenvalue weighted by Gasteiger charge is -2.27. The minimum absolute atomic E-state index is 0.0234. The SMILES string of the molecule is CCOc1ccc(NC(=O)c2cnn(C)c2)cc1S(=O)(=O)N1CCOCC1. The van der Waals surface area contributed by atoms with Gasteiger partial charge in [0.1, 0.15) is 10.6 Å². The lowest BCUT2D eigenvalue weighted by atomic mass is 10.2. The smallest absolute Gasteiger partial charge is 0.258 e. The van der Waals surface area contributed by atoms with Crippen LogP contribution in [-0.2, 0) is 21.8 Å². The fourth-order valence-electron chi connectivity index (χ4n) is 2.73. The van der Waals surface area contributed by atoms with Gasteiger partial charge in [0, 0.05) is 32.0 Å². The highest BCUT2D eigenvalue weighted by molar-refractivity contribution is 7.89. The third-order valence-electron chi connectivity index (χ3n) is 4.06. The summed E-state index contributed by atoms with van der Waals surface area (Å²) in [5.41, 5.74) is 0.739. The molecule has 3 rings (SSSR count). The van der Waals surface area contributed by atoms with E-state index in [2.05, 4.69) is 10.4 Å². The number of ether oxygens (including phenoxy) is 2. The van der Waals surface area contributed by atoms with Crippen LogP contribution in [0.25, 0.3) is 0 Å². The number of aryl methyl sites for hydroxylation is 1. The van der Waals surface area contributed by atoms with Crippen LogP contribution in [0.5, 0.6) is 5.75 Å². The normalized spacial score (nSPS) is 15.5. The highest BCUT2D eigenvalue weighted by Gasteiger charge is 2.29. The number of benzene rings is 1. The Morgan fingerprint density at radius 1 is 1.33 bits per heavy atom. The Morgan fingerprint density at radius 3 is 2.70 bits per heavy atom. The molecule has 0 saturated carbocycles. The second-order valence-corrected chi connectivity index (χ2v) is 7.87. The number of morpholine rings is 1. The molecule has 2 heterocycles. The van der Waals surface area contributed by atoms with Gasteiger partial charge in [0.05, 0.1) is 31.6 Å². The Morgan fingerprint density at radius 2 is 2.07 bits per heavy atom. The highest BCUT2D eigenvalue weighted by Crippen LogP contribution is 2.30. The minimum atomic E-state index is -3.77. The third kappa shape index (κ3) is 4.29. The van der Waals surface area contributed by atoms with Crippen molar-refractivity contribution in [2.45, 2.75) is 11.8 Å². The molecule has 1 N–H and O–H groups in total. The minimum Gasteiger partial charge on any atom is -0.492 e. The Hall–Kier alpha value is -2.43. The van der Waals surface area contributed by atoms with E-state index in [0.717, 1.165) is 0 Å². The van der Waals surface area contributed by atoms with Crippen molar-refractivity contribution in [1.29, 1.82) is 0 Å². The second kappa shape index (κ2) is 8.07. The van der Waals surface area contributed by atoms with Crippen molar-refractivity contribution in [1.82, 2.24) is 14.1 Å². The molecule has 1 aromatic heterocycles. The summed E-state index contributed by atoms with van der Waals surface area (Å²) < 4.78 is 39.7. The first-order chi connectivity index (χ1) is 12.9. The molecule has 0 unspecified atom stereocenters. The molecule has 1 aliphatic rings. The Bertz CT molecular complexity index is 919. The van der Waals surface area contributed by atoms with Crippen LogP contribution >= 0.6 is 0 Å². The van der Waals surface area contributed by atoms with Crippen molar-refractivity contribution >= 4 is 21.6 Å². The number of aromatic nitrogens is 2. The van der Waals surface area contributed by atoms with Gasteiger partial charge in [-0.05, 0) is 25.1 Å². The van der Waals surface area contributed by atoms with Crippen molar-refractivity contribution in [3.8, 4) is 5.75 Å². The molecule has 0 atom stereocenters. The number of rotatable bonds is 6. The number of nitrogens with one attached hydrogen (secondary N) is 1. The summed E-state index contributed by atoms with van der Waals surface area (Å²) in [5, 5.41) is 6.66. The van der Waals surface area contributed by atoms with E-state index in [4.69, 9.17) is 9.47 Å². The zero-order valence-corrected chi connectivity index (χ0v) is 16.0. The van der Waals surface area contributed by atoms with Gasteiger partial charge in [-0.15, -0.1) is 0 Å². The van der Waals surface area contributed by atoms with Crippen molar-refractivity contribution in [3.05, 3.63) is 36.2 Å². The van der Waals surface area contributed by atoms with Gasteiger partial charge >= 0.3 is 0 Å². The summed E-state index contributed by atoms with van der Waals surface area (Å²) in [4.78, 5) is 12.4. The maximum atomic E-state index is 13.1. The number of hydrogen-bond acceptors (Lipinski definition) is 6. The first kappa shape index (κ1) is 19.3. The average Bonchev–Trinajstić information content (AvgIpc) is 3.10. The number of sulfonamides is 1. The zero-order chi connectivity index (χ0) is 19.4. The van der Waals surface area contributed by atoms with Crippen molar-refractivity contribution < 1.29 is 22.7 Å². The van der Waals surface area contributed by atoms with Gasteiger partial charge in [-0.1, -0.05) is 0 Å². The Balaban J connectivity index is 1.91. The summed E-state index contributed by atoms with van der Waals surface area (Å²) in [6.07, 6.45) is 3.02. The second-order valence-electron chi connectivity index (χ2n) is 5.97. The molecule has 1 aromatic carbocycles. The van der Waals surface area contributed by atoms with Crippen LogP contribution in [0.1, 0.15) is 17.3 Å². The van der Waals surface area contributed by atoms with Crippen molar-refractivity contribution in [2.24, 2.45) is 7.05 Å². The summed E-state index contributed by atoms with van der Waals surface area (Å²) in [7, 11) is -2.06. The molecular formula is C17H22N4O5S. The maximum Gasteiger partial charge on any atom is 0.258 e. The van der Waals surface area contributed by atoms with Crippen LogP contribution in [0.3, 0.4) is 0 Å². The molecule has 2 aromatic rings.